The van der Waals surface area contributed by atoms with E-state index in [1.165, 1.54) is 24.0 Å². The second kappa shape index (κ2) is 14.2. The number of anilines is 1. The van der Waals surface area contributed by atoms with Gasteiger partial charge >= 0.3 is 0 Å². The third kappa shape index (κ3) is 8.76. The lowest BCUT2D eigenvalue weighted by Gasteiger charge is -2.33. The summed E-state index contributed by atoms with van der Waals surface area (Å²) in [5.41, 5.74) is 2.15. The predicted octanol–water partition coefficient (Wildman–Crippen LogP) is 4.58. The van der Waals surface area contributed by atoms with E-state index >= 15 is 0 Å². The van der Waals surface area contributed by atoms with Crippen molar-refractivity contribution >= 4 is 49.2 Å². The Hall–Kier alpha value is -3.50. The fraction of sp³-hybridized carbons (Fsp3) is 0.300. The van der Waals surface area contributed by atoms with Crippen molar-refractivity contribution in [1.29, 1.82) is 0 Å². The highest BCUT2D eigenvalue weighted by Crippen LogP contribution is 2.22. The third-order valence-electron chi connectivity index (χ3n) is 6.28. The lowest BCUT2D eigenvalue weighted by molar-refractivity contribution is -0.140. The standard InChI is InChI=1S/C30H34BrN3O5S/c1-4-16-32-30(37)28(18-23-10-6-5-7-11-23)33(20-24-12-8-14-26(31)17-24)29(36)21-34(40(3,38)39)27-15-9-13-25(19-27)22(2)35/h5-15,17,19,28H,4,16,18,20-21H2,1-3H3,(H,32,37)/t28-/m1/s1. The van der Waals surface area contributed by atoms with Crippen LogP contribution < -0.4 is 9.62 Å². The van der Waals surface area contributed by atoms with Crippen LogP contribution in [0.4, 0.5) is 5.69 Å². The van der Waals surface area contributed by atoms with Crippen molar-refractivity contribution in [2.45, 2.75) is 39.3 Å². The minimum Gasteiger partial charge on any atom is -0.354 e. The highest BCUT2D eigenvalue weighted by atomic mass is 79.9. The molecule has 3 aromatic rings. The molecule has 3 aromatic carbocycles. The highest BCUT2D eigenvalue weighted by Gasteiger charge is 2.33. The molecule has 0 aromatic heterocycles. The van der Waals surface area contributed by atoms with Gasteiger partial charge in [-0.2, -0.15) is 0 Å². The molecule has 3 rings (SSSR count). The number of carbonyl (C=O) groups excluding carboxylic acids is 3. The molecule has 0 unspecified atom stereocenters. The van der Waals surface area contributed by atoms with Crippen molar-refractivity contribution in [3.63, 3.8) is 0 Å². The maximum atomic E-state index is 14.1. The van der Waals surface area contributed by atoms with Crippen molar-refractivity contribution in [2.75, 3.05) is 23.7 Å². The molecule has 0 saturated carbocycles. The van der Waals surface area contributed by atoms with Gasteiger partial charge in [0.15, 0.2) is 5.78 Å². The van der Waals surface area contributed by atoms with Crippen LogP contribution in [-0.2, 0) is 32.6 Å². The Bertz CT molecular complexity index is 1450. The van der Waals surface area contributed by atoms with E-state index < -0.39 is 28.5 Å². The van der Waals surface area contributed by atoms with Gasteiger partial charge in [-0.05, 0) is 48.7 Å². The van der Waals surface area contributed by atoms with Gasteiger partial charge in [-0.15, -0.1) is 0 Å². The maximum absolute atomic E-state index is 14.1. The zero-order valence-corrected chi connectivity index (χ0v) is 25.2. The summed E-state index contributed by atoms with van der Waals surface area (Å²) in [4.78, 5) is 41.0. The van der Waals surface area contributed by atoms with Crippen molar-refractivity contribution in [3.05, 3.63) is 100 Å². The summed E-state index contributed by atoms with van der Waals surface area (Å²) in [5.74, 6) is -1.10. The quantitative estimate of drug-likeness (QED) is 0.279. The number of rotatable bonds is 13. The van der Waals surface area contributed by atoms with Crippen LogP contribution in [-0.4, -0.2) is 56.3 Å². The summed E-state index contributed by atoms with van der Waals surface area (Å²) in [7, 11) is -3.92. The lowest BCUT2D eigenvalue weighted by Crippen LogP contribution is -2.53. The largest absolute Gasteiger partial charge is 0.354 e. The van der Waals surface area contributed by atoms with Gasteiger partial charge in [-0.3, -0.25) is 18.7 Å². The summed E-state index contributed by atoms with van der Waals surface area (Å²) >= 11 is 3.46. The number of hydrogen-bond donors (Lipinski definition) is 1. The molecule has 1 N–H and O–H groups in total. The van der Waals surface area contributed by atoms with Crippen molar-refractivity contribution in [3.8, 4) is 0 Å². The fourth-order valence-corrected chi connectivity index (χ4v) is 5.53. The Balaban J connectivity index is 2.06. The van der Waals surface area contributed by atoms with Crippen molar-refractivity contribution < 1.29 is 22.8 Å². The van der Waals surface area contributed by atoms with Crippen LogP contribution in [0.25, 0.3) is 0 Å². The average molecular weight is 629 g/mol. The molecule has 0 bridgehead atoms. The number of nitrogens with one attached hydrogen (secondary N) is 1. The molecule has 1 atom stereocenters. The third-order valence-corrected chi connectivity index (χ3v) is 7.92. The highest BCUT2D eigenvalue weighted by molar-refractivity contribution is 9.10. The topological polar surface area (TPSA) is 104 Å². The summed E-state index contributed by atoms with van der Waals surface area (Å²) in [6, 6.07) is 22.0. The molecule has 0 aliphatic carbocycles. The van der Waals surface area contributed by atoms with Crippen LogP contribution in [0.2, 0.25) is 0 Å². The van der Waals surface area contributed by atoms with Gasteiger partial charge in [0.25, 0.3) is 0 Å². The summed E-state index contributed by atoms with van der Waals surface area (Å²) < 4.78 is 27.6. The van der Waals surface area contributed by atoms with Gasteiger partial charge in [0, 0.05) is 29.5 Å². The number of carbonyl (C=O) groups is 3. The van der Waals surface area contributed by atoms with E-state index in [4.69, 9.17) is 0 Å². The van der Waals surface area contributed by atoms with Crippen molar-refractivity contribution in [2.24, 2.45) is 0 Å². The number of ketones is 1. The van der Waals surface area contributed by atoms with Gasteiger partial charge in [0.2, 0.25) is 21.8 Å². The van der Waals surface area contributed by atoms with Crippen LogP contribution in [0.1, 0.15) is 41.8 Å². The number of sulfonamides is 1. The van der Waals surface area contributed by atoms with E-state index in [9.17, 15) is 22.8 Å². The Morgan fingerprint density at radius 1 is 0.925 bits per heavy atom. The van der Waals surface area contributed by atoms with Gasteiger partial charge in [0.05, 0.1) is 11.9 Å². The zero-order valence-electron chi connectivity index (χ0n) is 22.8. The van der Waals surface area contributed by atoms with E-state index in [1.807, 2.05) is 61.5 Å². The first-order chi connectivity index (χ1) is 19.0. The van der Waals surface area contributed by atoms with E-state index in [2.05, 4.69) is 21.2 Å². The normalized spacial score (nSPS) is 11.9. The van der Waals surface area contributed by atoms with Crippen LogP contribution in [0.3, 0.4) is 0 Å². The number of Topliss-reactive ketones (excluding diaryl/α,β-unsaturated/α-hetero) is 1. The van der Waals surface area contributed by atoms with E-state index in [-0.39, 0.29) is 30.3 Å². The SMILES string of the molecule is CCCNC(=O)[C@@H](Cc1ccccc1)N(Cc1cccc(Br)c1)C(=O)CN(c1cccc(C(C)=O)c1)S(C)(=O)=O. The molecular formula is C30H34BrN3O5S. The number of nitrogens with zero attached hydrogens (tertiary/aromatic N) is 2. The van der Waals surface area contributed by atoms with Crippen molar-refractivity contribution in [1.82, 2.24) is 10.2 Å². The monoisotopic (exact) mass is 627 g/mol. The van der Waals surface area contributed by atoms with E-state index in [1.54, 1.807) is 12.1 Å². The molecule has 0 aliphatic rings. The van der Waals surface area contributed by atoms with Gasteiger partial charge in [0.1, 0.15) is 12.6 Å². The first-order valence-electron chi connectivity index (χ1n) is 12.9. The molecule has 0 aliphatic heterocycles. The van der Waals surface area contributed by atoms with Crippen LogP contribution in [0.15, 0.2) is 83.3 Å². The van der Waals surface area contributed by atoms with Gasteiger partial charge in [-0.25, -0.2) is 8.42 Å². The Kier molecular flexibility index (Phi) is 11.0. The summed E-state index contributed by atoms with van der Waals surface area (Å²) in [6.45, 7) is 3.31. The first-order valence-corrected chi connectivity index (χ1v) is 15.6. The molecule has 2 amide bonds. The van der Waals surface area contributed by atoms with E-state index in [0.29, 0.717) is 12.1 Å². The van der Waals surface area contributed by atoms with Crippen LogP contribution in [0.5, 0.6) is 0 Å². The molecule has 40 heavy (non-hydrogen) atoms. The number of halogens is 1. The molecular weight excluding hydrogens is 594 g/mol. The number of amides is 2. The molecule has 10 heteroatoms. The summed E-state index contributed by atoms with van der Waals surface area (Å²) in [5, 5.41) is 2.91. The maximum Gasteiger partial charge on any atom is 0.244 e. The molecule has 0 spiro atoms. The van der Waals surface area contributed by atoms with Crippen LogP contribution in [0, 0.1) is 0 Å². The van der Waals surface area contributed by atoms with E-state index in [0.717, 1.165) is 32.6 Å². The number of hydrogen-bond acceptors (Lipinski definition) is 5. The minimum atomic E-state index is -3.92. The van der Waals surface area contributed by atoms with Gasteiger partial charge in [-0.1, -0.05) is 77.5 Å². The Labute approximate surface area is 244 Å². The molecule has 0 fully saturated rings. The summed E-state index contributed by atoms with van der Waals surface area (Å²) in [6.07, 6.45) is 1.97. The molecule has 0 heterocycles. The second-order valence-electron chi connectivity index (χ2n) is 9.52. The smallest absolute Gasteiger partial charge is 0.244 e. The first kappa shape index (κ1) is 31.0. The molecule has 8 nitrogen and oxygen atoms in total. The number of benzene rings is 3. The molecule has 0 saturated heterocycles. The Morgan fingerprint density at radius 2 is 1.60 bits per heavy atom. The average Bonchev–Trinajstić information content (AvgIpc) is 2.92. The molecule has 212 valence electrons. The fourth-order valence-electron chi connectivity index (χ4n) is 4.25. The Morgan fingerprint density at radius 3 is 2.23 bits per heavy atom. The second-order valence-corrected chi connectivity index (χ2v) is 12.3. The molecule has 0 radical (unpaired) electrons. The zero-order chi connectivity index (χ0) is 29.3. The van der Waals surface area contributed by atoms with Gasteiger partial charge < -0.3 is 10.2 Å². The van der Waals surface area contributed by atoms with Crippen LogP contribution >= 0.6 is 15.9 Å². The minimum absolute atomic E-state index is 0.0837. The predicted molar refractivity (Wildman–Crippen MR) is 161 cm³/mol. The lowest BCUT2D eigenvalue weighted by atomic mass is 10.0.